The zero-order valence-electron chi connectivity index (χ0n) is 16.0. The third kappa shape index (κ3) is 3.47. The molecule has 0 bridgehead atoms. The van der Waals surface area contributed by atoms with Crippen molar-refractivity contribution in [2.45, 2.75) is 30.3 Å². The van der Waals surface area contributed by atoms with Crippen LogP contribution in [0.25, 0.3) is 0 Å². The molecule has 1 N–H and O–H groups in total. The lowest BCUT2D eigenvalue weighted by Gasteiger charge is -2.23. The van der Waals surface area contributed by atoms with E-state index in [-0.39, 0.29) is 28.6 Å². The highest BCUT2D eigenvalue weighted by Crippen LogP contribution is 2.36. The van der Waals surface area contributed by atoms with Gasteiger partial charge in [-0.15, -0.1) is 0 Å². The van der Waals surface area contributed by atoms with Gasteiger partial charge in [-0.2, -0.15) is 4.31 Å². The van der Waals surface area contributed by atoms with Gasteiger partial charge in [-0.1, -0.05) is 0 Å². The first-order valence-electron chi connectivity index (χ1n) is 9.07. The molecule has 2 aromatic carbocycles. The average Bonchev–Trinajstić information content (AvgIpc) is 3.51. The van der Waals surface area contributed by atoms with Crippen molar-refractivity contribution in [3.63, 3.8) is 0 Å². The molecule has 8 nitrogen and oxygen atoms in total. The Morgan fingerprint density at radius 3 is 2.38 bits per heavy atom. The highest BCUT2D eigenvalue weighted by Gasteiger charge is 2.39. The summed E-state index contributed by atoms with van der Waals surface area (Å²) in [5.41, 5.74) is 0.934. The third-order valence-electron chi connectivity index (χ3n) is 5.08. The van der Waals surface area contributed by atoms with Gasteiger partial charge in [0.25, 0.3) is 11.8 Å². The number of hydrogen-bond donors (Lipinski definition) is 1. The molecule has 0 unspecified atom stereocenters. The van der Waals surface area contributed by atoms with E-state index in [1.54, 1.807) is 18.2 Å². The molecule has 2 aromatic rings. The first kappa shape index (κ1) is 19.4. The minimum atomic E-state index is -3.90. The van der Waals surface area contributed by atoms with Gasteiger partial charge in [-0.05, 0) is 49.2 Å². The summed E-state index contributed by atoms with van der Waals surface area (Å²) in [5, 5.41) is 2.18. The number of methoxy groups -OCH3 is 2. The molecule has 1 aliphatic heterocycles. The lowest BCUT2D eigenvalue weighted by atomic mass is 10.1. The summed E-state index contributed by atoms with van der Waals surface area (Å²) >= 11 is 0. The van der Waals surface area contributed by atoms with Crippen LogP contribution >= 0.6 is 0 Å². The molecule has 2 aliphatic rings. The standard InChI is InChI=1S/C20H20N2O6S/c1-27-14-5-8-18(28-2)12(9-14)11-22(13-3-4-13)29(25,26)15-6-7-16-17(10-15)20(24)21-19(16)23/h5-10,13H,3-4,11H2,1-2H3,(H,21,23,24). The van der Waals surface area contributed by atoms with E-state index in [1.807, 2.05) is 0 Å². The number of nitrogens with one attached hydrogen (secondary N) is 1. The number of fused-ring (bicyclic) bond motifs is 1. The summed E-state index contributed by atoms with van der Waals surface area (Å²) in [5.74, 6) is 0.0517. The van der Waals surface area contributed by atoms with Crippen LogP contribution in [0.4, 0.5) is 0 Å². The predicted octanol–water partition coefficient (Wildman–Crippen LogP) is 1.94. The van der Waals surface area contributed by atoms with Gasteiger partial charge in [0.05, 0.1) is 30.2 Å². The molecular formula is C20H20N2O6S. The normalized spacial score (nSPS) is 16.0. The van der Waals surface area contributed by atoms with Crippen molar-refractivity contribution < 1.29 is 27.5 Å². The van der Waals surface area contributed by atoms with Crippen LogP contribution in [0.3, 0.4) is 0 Å². The second kappa shape index (κ2) is 7.16. The molecule has 29 heavy (non-hydrogen) atoms. The smallest absolute Gasteiger partial charge is 0.258 e. The average molecular weight is 416 g/mol. The Bertz CT molecular complexity index is 1110. The van der Waals surface area contributed by atoms with Gasteiger partial charge in [0.1, 0.15) is 11.5 Å². The maximum Gasteiger partial charge on any atom is 0.258 e. The quantitative estimate of drug-likeness (QED) is 0.692. The van der Waals surface area contributed by atoms with Crippen molar-refractivity contribution in [3.8, 4) is 11.5 Å². The number of rotatable bonds is 7. The van der Waals surface area contributed by atoms with Crippen LogP contribution in [-0.2, 0) is 16.6 Å². The molecule has 4 rings (SSSR count). The van der Waals surface area contributed by atoms with Gasteiger partial charge >= 0.3 is 0 Å². The lowest BCUT2D eigenvalue weighted by molar-refractivity contribution is 0.0879. The first-order valence-corrected chi connectivity index (χ1v) is 10.5. The molecule has 0 saturated heterocycles. The van der Waals surface area contributed by atoms with Crippen LogP contribution in [0.5, 0.6) is 11.5 Å². The molecule has 1 aliphatic carbocycles. The second-order valence-corrected chi connectivity index (χ2v) is 8.84. The van der Waals surface area contributed by atoms with Crippen LogP contribution in [0.2, 0.25) is 0 Å². The maximum absolute atomic E-state index is 13.4. The van der Waals surface area contributed by atoms with E-state index in [9.17, 15) is 18.0 Å². The number of sulfonamides is 1. The van der Waals surface area contributed by atoms with Crippen LogP contribution in [0.15, 0.2) is 41.3 Å². The number of carbonyl (C=O) groups is 2. The molecule has 1 fully saturated rings. The Kier molecular flexibility index (Phi) is 4.79. The minimum absolute atomic E-state index is 0.0186. The van der Waals surface area contributed by atoms with Crippen LogP contribution in [0, 0.1) is 0 Å². The van der Waals surface area contributed by atoms with Gasteiger partial charge in [0.15, 0.2) is 0 Å². The summed E-state index contributed by atoms with van der Waals surface area (Å²) in [7, 11) is -0.833. The second-order valence-electron chi connectivity index (χ2n) is 6.95. The molecule has 9 heteroatoms. The van der Waals surface area contributed by atoms with Gasteiger partial charge < -0.3 is 9.47 Å². The highest BCUT2D eigenvalue weighted by atomic mass is 32.2. The molecular weight excluding hydrogens is 396 g/mol. The summed E-state index contributed by atoms with van der Waals surface area (Å²) in [4.78, 5) is 23.7. The first-order chi connectivity index (χ1) is 13.8. The fourth-order valence-electron chi connectivity index (χ4n) is 3.39. The monoisotopic (exact) mass is 416 g/mol. The highest BCUT2D eigenvalue weighted by molar-refractivity contribution is 7.89. The van der Waals surface area contributed by atoms with E-state index < -0.39 is 21.8 Å². The molecule has 152 valence electrons. The molecule has 1 heterocycles. The van der Waals surface area contributed by atoms with Crippen LogP contribution in [-0.4, -0.2) is 44.8 Å². The van der Waals surface area contributed by atoms with Crippen molar-refractivity contribution in [2.75, 3.05) is 14.2 Å². The number of benzene rings is 2. The Hall–Kier alpha value is -2.91. The van der Waals surface area contributed by atoms with Crippen molar-refractivity contribution in [3.05, 3.63) is 53.1 Å². The molecule has 2 amide bonds. The van der Waals surface area contributed by atoms with E-state index in [0.29, 0.717) is 17.1 Å². The van der Waals surface area contributed by atoms with Crippen molar-refractivity contribution in [1.29, 1.82) is 0 Å². The SMILES string of the molecule is COc1ccc(OC)c(CN(C2CC2)S(=O)(=O)c2ccc3c(c2)C(=O)NC3=O)c1. The van der Waals surface area contributed by atoms with Crippen LogP contribution < -0.4 is 14.8 Å². The number of hydrogen-bond acceptors (Lipinski definition) is 6. The van der Waals surface area contributed by atoms with E-state index in [0.717, 1.165) is 12.8 Å². The van der Waals surface area contributed by atoms with E-state index >= 15 is 0 Å². The number of carbonyl (C=O) groups excluding carboxylic acids is 2. The molecule has 0 aromatic heterocycles. The summed E-state index contributed by atoms with van der Waals surface area (Å²) in [6.45, 7) is 0.107. The molecule has 0 radical (unpaired) electrons. The van der Waals surface area contributed by atoms with E-state index in [2.05, 4.69) is 5.32 Å². The molecule has 1 saturated carbocycles. The number of imide groups is 1. The fraction of sp³-hybridized carbons (Fsp3) is 0.300. The van der Waals surface area contributed by atoms with Gasteiger partial charge in [-0.3, -0.25) is 14.9 Å². The number of amides is 2. The molecule has 0 atom stereocenters. The van der Waals surface area contributed by atoms with E-state index in [4.69, 9.17) is 9.47 Å². The fourth-order valence-corrected chi connectivity index (χ4v) is 5.08. The third-order valence-corrected chi connectivity index (χ3v) is 6.98. The van der Waals surface area contributed by atoms with Gasteiger partial charge in [0.2, 0.25) is 10.0 Å². The topological polar surface area (TPSA) is 102 Å². The van der Waals surface area contributed by atoms with E-state index in [1.165, 1.54) is 36.7 Å². The van der Waals surface area contributed by atoms with Gasteiger partial charge in [-0.25, -0.2) is 8.42 Å². The van der Waals surface area contributed by atoms with Crippen molar-refractivity contribution in [1.82, 2.24) is 9.62 Å². The Morgan fingerprint density at radius 2 is 1.72 bits per heavy atom. The van der Waals surface area contributed by atoms with Crippen molar-refractivity contribution >= 4 is 21.8 Å². The number of nitrogens with zero attached hydrogens (tertiary/aromatic N) is 1. The van der Waals surface area contributed by atoms with Crippen molar-refractivity contribution in [2.24, 2.45) is 0 Å². The predicted molar refractivity (Wildman–Crippen MR) is 104 cm³/mol. The Labute approximate surface area is 168 Å². The zero-order valence-corrected chi connectivity index (χ0v) is 16.8. The summed E-state index contributed by atoms with van der Waals surface area (Å²) in [6, 6.07) is 9.11. The maximum atomic E-state index is 13.4. The summed E-state index contributed by atoms with van der Waals surface area (Å²) < 4.78 is 38.9. The Morgan fingerprint density at radius 1 is 1.00 bits per heavy atom. The molecule has 0 spiro atoms. The van der Waals surface area contributed by atoms with Gasteiger partial charge in [0, 0.05) is 18.2 Å². The lowest BCUT2D eigenvalue weighted by Crippen LogP contribution is -2.33. The number of ether oxygens (including phenoxy) is 2. The zero-order chi connectivity index (χ0) is 20.8. The minimum Gasteiger partial charge on any atom is -0.497 e. The summed E-state index contributed by atoms with van der Waals surface area (Å²) in [6.07, 6.45) is 1.52. The van der Waals surface area contributed by atoms with Crippen LogP contribution in [0.1, 0.15) is 39.1 Å². The largest absolute Gasteiger partial charge is 0.497 e. The Balaban J connectivity index is 1.72.